The van der Waals surface area contributed by atoms with Crippen molar-refractivity contribution in [3.05, 3.63) is 95.3 Å². The lowest BCUT2D eigenvalue weighted by Crippen LogP contribution is -2.29. The van der Waals surface area contributed by atoms with Crippen LogP contribution in [0.1, 0.15) is 17.2 Å². The lowest BCUT2D eigenvalue weighted by Gasteiger charge is -2.27. The average Bonchev–Trinajstić information content (AvgIpc) is 3.09. The minimum absolute atomic E-state index is 0.0889. The lowest BCUT2D eigenvalue weighted by atomic mass is 9.94. The molecule has 1 saturated heterocycles. The number of ether oxygens (including phenoxy) is 2. The van der Waals surface area contributed by atoms with Crippen molar-refractivity contribution in [3.8, 4) is 11.5 Å². The van der Waals surface area contributed by atoms with Crippen molar-refractivity contribution in [1.82, 2.24) is 0 Å². The van der Waals surface area contributed by atoms with Crippen molar-refractivity contribution in [3.63, 3.8) is 0 Å². The molecule has 3 aromatic rings. The average molecular weight is 433 g/mol. The normalized spacial score (nSPS) is 17.5. The first-order valence-electron chi connectivity index (χ1n) is 9.80. The summed E-state index contributed by atoms with van der Waals surface area (Å²) in [5.74, 6) is -1.59. The Hall–Kier alpha value is -4.13. The van der Waals surface area contributed by atoms with Crippen LogP contribution in [-0.4, -0.2) is 31.0 Å². The molecule has 162 valence electrons. The van der Waals surface area contributed by atoms with Crippen molar-refractivity contribution < 1.29 is 28.6 Å². The summed E-state index contributed by atoms with van der Waals surface area (Å²) >= 11 is 0. The molecule has 1 aliphatic heterocycles. The van der Waals surface area contributed by atoms with Crippen molar-refractivity contribution in [1.29, 1.82) is 0 Å². The van der Waals surface area contributed by atoms with Gasteiger partial charge in [-0.25, -0.2) is 4.39 Å². The van der Waals surface area contributed by atoms with Gasteiger partial charge in [-0.1, -0.05) is 30.3 Å². The molecule has 0 aliphatic carbocycles. The Bertz CT molecular complexity index is 1200. The van der Waals surface area contributed by atoms with Crippen LogP contribution in [0, 0.1) is 5.82 Å². The third-order valence-electron chi connectivity index (χ3n) is 5.33. The Balaban J connectivity index is 1.99. The number of rotatable bonds is 5. The Morgan fingerprint density at radius 1 is 0.938 bits per heavy atom. The molecule has 1 atom stereocenters. The van der Waals surface area contributed by atoms with Gasteiger partial charge in [0.05, 0.1) is 25.8 Å². The van der Waals surface area contributed by atoms with Crippen LogP contribution in [0.3, 0.4) is 0 Å². The Morgan fingerprint density at radius 2 is 1.62 bits per heavy atom. The number of amides is 1. The summed E-state index contributed by atoms with van der Waals surface area (Å²) in [5.41, 5.74) is 1.08. The molecule has 7 heteroatoms. The van der Waals surface area contributed by atoms with Crippen LogP contribution in [0.5, 0.6) is 11.5 Å². The fraction of sp³-hybridized carbons (Fsp3) is 0.120. The SMILES string of the molecule is COc1ccc([C@@H]2/C(=C(\O)c3ccccc3)C(=O)C(=O)N2c2ccc(F)cc2)c(OC)c1. The molecule has 1 amide bonds. The maximum absolute atomic E-state index is 13.5. The summed E-state index contributed by atoms with van der Waals surface area (Å²) < 4.78 is 24.3. The van der Waals surface area contributed by atoms with Gasteiger partial charge in [-0.15, -0.1) is 0 Å². The number of anilines is 1. The number of hydrogen-bond acceptors (Lipinski definition) is 5. The summed E-state index contributed by atoms with van der Waals surface area (Å²) in [6.07, 6.45) is 0. The molecule has 1 heterocycles. The van der Waals surface area contributed by atoms with E-state index in [1.165, 1.54) is 43.4 Å². The maximum atomic E-state index is 13.5. The van der Waals surface area contributed by atoms with E-state index in [4.69, 9.17) is 9.47 Å². The Kier molecular flexibility index (Phi) is 5.64. The third-order valence-corrected chi connectivity index (χ3v) is 5.33. The van der Waals surface area contributed by atoms with Crippen molar-refractivity contribution >= 4 is 23.1 Å². The molecule has 3 aromatic carbocycles. The molecule has 0 aromatic heterocycles. The van der Waals surface area contributed by atoms with Gasteiger partial charge in [-0.05, 0) is 36.4 Å². The highest BCUT2D eigenvalue weighted by Crippen LogP contribution is 2.45. The molecular weight excluding hydrogens is 413 g/mol. The second kappa shape index (κ2) is 8.55. The Labute approximate surface area is 184 Å². The highest BCUT2D eigenvalue weighted by molar-refractivity contribution is 6.51. The smallest absolute Gasteiger partial charge is 0.300 e. The van der Waals surface area contributed by atoms with E-state index in [1.54, 1.807) is 48.5 Å². The van der Waals surface area contributed by atoms with Crippen LogP contribution < -0.4 is 14.4 Å². The van der Waals surface area contributed by atoms with Gasteiger partial charge < -0.3 is 14.6 Å². The molecule has 32 heavy (non-hydrogen) atoms. The number of ketones is 1. The predicted octanol–water partition coefficient (Wildman–Crippen LogP) is 4.47. The molecule has 0 saturated carbocycles. The van der Waals surface area contributed by atoms with Crippen LogP contribution in [0.4, 0.5) is 10.1 Å². The van der Waals surface area contributed by atoms with E-state index in [9.17, 15) is 19.1 Å². The summed E-state index contributed by atoms with van der Waals surface area (Å²) in [7, 11) is 2.97. The summed E-state index contributed by atoms with van der Waals surface area (Å²) in [4.78, 5) is 27.5. The Morgan fingerprint density at radius 3 is 2.25 bits per heavy atom. The van der Waals surface area contributed by atoms with E-state index in [0.717, 1.165) is 0 Å². The van der Waals surface area contributed by atoms with E-state index < -0.39 is 23.5 Å². The minimum atomic E-state index is -0.999. The van der Waals surface area contributed by atoms with Crippen LogP contribution in [-0.2, 0) is 9.59 Å². The van der Waals surface area contributed by atoms with Gasteiger partial charge in [0.15, 0.2) is 0 Å². The van der Waals surface area contributed by atoms with Gasteiger partial charge >= 0.3 is 0 Å². The van der Waals surface area contributed by atoms with Gasteiger partial charge in [0.25, 0.3) is 11.7 Å². The van der Waals surface area contributed by atoms with E-state index in [0.29, 0.717) is 28.3 Å². The topological polar surface area (TPSA) is 76.1 Å². The number of halogens is 1. The number of benzene rings is 3. The molecule has 0 unspecified atom stereocenters. The largest absolute Gasteiger partial charge is 0.507 e. The van der Waals surface area contributed by atoms with Gasteiger partial charge in [-0.3, -0.25) is 14.5 Å². The molecule has 0 bridgehead atoms. The molecule has 4 rings (SSSR count). The molecule has 1 fully saturated rings. The zero-order chi connectivity index (χ0) is 22.8. The number of hydrogen-bond donors (Lipinski definition) is 1. The monoisotopic (exact) mass is 433 g/mol. The number of Topliss-reactive ketones (excluding diaryl/α,β-unsaturated/α-hetero) is 1. The van der Waals surface area contributed by atoms with Crippen molar-refractivity contribution in [2.45, 2.75) is 6.04 Å². The van der Waals surface area contributed by atoms with Gasteiger partial charge in [0, 0.05) is 22.9 Å². The highest BCUT2D eigenvalue weighted by Gasteiger charge is 2.48. The number of carbonyl (C=O) groups excluding carboxylic acids is 2. The number of carbonyl (C=O) groups is 2. The van der Waals surface area contributed by atoms with Crippen LogP contribution >= 0.6 is 0 Å². The fourth-order valence-electron chi connectivity index (χ4n) is 3.79. The molecular formula is C25H20FNO5. The quantitative estimate of drug-likeness (QED) is 0.365. The lowest BCUT2D eigenvalue weighted by molar-refractivity contribution is -0.132. The molecule has 0 spiro atoms. The van der Waals surface area contributed by atoms with Crippen molar-refractivity contribution in [2.75, 3.05) is 19.1 Å². The first kappa shape index (κ1) is 21.1. The molecule has 0 radical (unpaired) electrons. The summed E-state index contributed by atoms with van der Waals surface area (Å²) in [6, 6.07) is 17.7. The van der Waals surface area contributed by atoms with E-state index >= 15 is 0 Å². The fourth-order valence-corrected chi connectivity index (χ4v) is 3.79. The molecule has 6 nitrogen and oxygen atoms in total. The summed E-state index contributed by atoms with van der Waals surface area (Å²) in [6.45, 7) is 0. The number of aliphatic hydroxyl groups excluding tert-OH is 1. The summed E-state index contributed by atoms with van der Waals surface area (Å²) in [5, 5.41) is 11.1. The molecule has 1 N–H and O–H groups in total. The van der Waals surface area contributed by atoms with E-state index in [1.807, 2.05) is 0 Å². The predicted molar refractivity (Wildman–Crippen MR) is 117 cm³/mol. The minimum Gasteiger partial charge on any atom is -0.507 e. The van der Waals surface area contributed by atoms with Gasteiger partial charge in [0.1, 0.15) is 23.1 Å². The number of nitrogens with zero attached hydrogens (tertiary/aromatic N) is 1. The number of methoxy groups -OCH3 is 2. The van der Waals surface area contributed by atoms with E-state index in [-0.39, 0.29) is 11.3 Å². The molecule has 1 aliphatic rings. The maximum Gasteiger partial charge on any atom is 0.300 e. The third kappa shape index (κ3) is 3.58. The second-order valence-corrected chi connectivity index (χ2v) is 7.12. The van der Waals surface area contributed by atoms with Crippen molar-refractivity contribution in [2.24, 2.45) is 0 Å². The van der Waals surface area contributed by atoms with Crippen LogP contribution in [0.15, 0.2) is 78.4 Å². The highest BCUT2D eigenvalue weighted by atomic mass is 19.1. The zero-order valence-corrected chi connectivity index (χ0v) is 17.4. The first-order chi connectivity index (χ1) is 15.5. The van der Waals surface area contributed by atoms with Gasteiger partial charge in [0.2, 0.25) is 0 Å². The zero-order valence-electron chi connectivity index (χ0n) is 17.4. The van der Waals surface area contributed by atoms with Gasteiger partial charge in [-0.2, -0.15) is 0 Å². The van der Waals surface area contributed by atoms with Crippen LogP contribution in [0.2, 0.25) is 0 Å². The van der Waals surface area contributed by atoms with Crippen LogP contribution in [0.25, 0.3) is 5.76 Å². The number of aliphatic hydroxyl groups is 1. The van der Waals surface area contributed by atoms with E-state index in [2.05, 4.69) is 0 Å². The second-order valence-electron chi connectivity index (χ2n) is 7.12. The first-order valence-corrected chi connectivity index (χ1v) is 9.80. The standard InChI is InChI=1S/C25H20FNO5/c1-31-18-12-13-19(20(14-18)32-2)22-21(23(28)15-6-4-3-5-7-15)24(29)25(30)27(22)17-10-8-16(26)9-11-17/h3-14,22,28H,1-2H3/b23-21+/t22-/m1/s1.